The van der Waals surface area contributed by atoms with Crippen molar-refractivity contribution in [2.75, 3.05) is 25.0 Å². The van der Waals surface area contributed by atoms with Gasteiger partial charge in [0, 0.05) is 29.7 Å². The number of likely N-dealkylation sites (tertiary alicyclic amines) is 1. The minimum atomic E-state index is -0.239. The van der Waals surface area contributed by atoms with E-state index in [9.17, 15) is 4.79 Å². The molecule has 31 heavy (non-hydrogen) atoms. The second-order valence-corrected chi connectivity index (χ2v) is 8.20. The Morgan fingerprint density at radius 2 is 2.19 bits per heavy atom. The summed E-state index contributed by atoms with van der Waals surface area (Å²) in [5.74, 6) is 0.772. The van der Waals surface area contributed by atoms with Gasteiger partial charge in [-0.05, 0) is 43.7 Å². The molecule has 1 aliphatic heterocycles. The van der Waals surface area contributed by atoms with E-state index < -0.39 is 0 Å². The van der Waals surface area contributed by atoms with Crippen molar-refractivity contribution in [3.05, 3.63) is 65.1 Å². The number of piperidine rings is 1. The lowest BCUT2D eigenvalue weighted by Crippen LogP contribution is -2.34. The molecule has 3 aromatic heterocycles. The summed E-state index contributed by atoms with van der Waals surface area (Å²) in [4.78, 5) is 27.9. The number of thiazole rings is 1. The summed E-state index contributed by atoms with van der Waals surface area (Å²) < 4.78 is 0. The first-order valence-corrected chi connectivity index (χ1v) is 11.1. The van der Waals surface area contributed by atoms with Crippen molar-refractivity contribution in [3.8, 4) is 6.07 Å². The van der Waals surface area contributed by atoms with E-state index in [-0.39, 0.29) is 5.91 Å². The molecule has 158 valence electrons. The lowest BCUT2D eigenvalue weighted by Gasteiger charge is -2.30. The summed E-state index contributed by atoms with van der Waals surface area (Å²) in [7, 11) is 0. The molecule has 4 rings (SSSR count). The Morgan fingerprint density at radius 1 is 1.26 bits per heavy atom. The number of hydrogen-bond acceptors (Lipinski definition) is 8. The lowest BCUT2D eigenvalue weighted by molar-refractivity contribution is 0.0946. The number of amides is 1. The number of nitriles is 1. The summed E-state index contributed by atoms with van der Waals surface area (Å²) in [5, 5.41) is 17.3. The SMILES string of the molecule is N#CCN1CCCC(c2cccc(Nc3nc(C(=O)NCc4ccccn4)cs3)n2)C1. The zero-order valence-corrected chi connectivity index (χ0v) is 17.8. The molecule has 0 radical (unpaired) electrons. The van der Waals surface area contributed by atoms with Crippen LogP contribution in [0.1, 0.15) is 40.6 Å². The van der Waals surface area contributed by atoms with Crippen LogP contribution in [-0.2, 0) is 6.54 Å². The van der Waals surface area contributed by atoms with Gasteiger partial charge in [0.2, 0.25) is 0 Å². The zero-order valence-electron chi connectivity index (χ0n) is 17.0. The molecule has 1 saturated heterocycles. The van der Waals surface area contributed by atoms with Gasteiger partial charge in [-0.25, -0.2) is 9.97 Å². The molecule has 0 saturated carbocycles. The summed E-state index contributed by atoms with van der Waals surface area (Å²) >= 11 is 1.36. The first kappa shape index (κ1) is 20.9. The lowest BCUT2D eigenvalue weighted by atomic mass is 9.94. The molecule has 1 atom stereocenters. The van der Waals surface area contributed by atoms with Gasteiger partial charge in [-0.1, -0.05) is 12.1 Å². The van der Waals surface area contributed by atoms with Crippen molar-refractivity contribution in [2.24, 2.45) is 0 Å². The minimum absolute atomic E-state index is 0.239. The largest absolute Gasteiger partial charge is 0.345 e. The Kier molecular flexibility index (Phi) is 6.82. The van der Waals surface area contributed by atoms with Crippen LogP contribution in [0.3, 0.4) is 0 Å². The van der Waals surface area contributed by atoms with E-state index in [0.717, 1.165) is 37.3 Å². The maximum atomic E-state index is 12.4. The van der Waals surface area contributed by atoms with E-state index in [4.69, 9.17) is 10.2 Å². The Bertz CT molecular complexity index is 1060. The van der Waals surface area contributed by atoms with Crippen molar-refractivity contribution < 1.29 is 4.79 Å². The molecular formula is C22H23N7OS. The summed E-state index contributed by atoms with van der Waals surface area (Å²) in [5.41, 5.74) is 2.16. The Labute approximate surface area is 185 Å². The van der Waals surface area contributed by atoms with Crippen LogP contribution < -0.4 is 10.6 Å². The zero-order chi connectivity index (χ0) is 21.5. The van der Waals surface area contributed by atoms with Crippen LogP contribution in [0.4, 0.5) is 10.9 Å². The van der Waals surface area contributed by atoms with Gasteiger partial charge in [0.15, 0.2) is 5.13 Å². The molecule has 0 aromatic carbocycles. The first-order chi connectivity index (χ1) is 15.2. The molecule has 1 aliphatic rings. The van der Waals surface area contributed by atoms with Crippen molar-refractivity contribution >= 4 is 28.2 Å². The van der Waals surface area contributed by atoms with Crippen LogP contribution in [0.2, 0.25) is 0 Å². The number of aromatic nitrogens is 3. The van der Waals surface area contributed by atoms with Crippen LogP contribution >= 0.6 is 11.3 Å². The highest BCUT2D eigenvalue weighted by atomic mass is 32.1. The third-order valence-corrected chi connectivity index (χ3v) is 5.87. The van der Waals surface area contributed by atoms with Crippen LogP contribution in [0.5, 0.6) is 0 Å². The smallest absolute Gasteiger partial charge is 0.271 e. The highest BCUT2D eigenvalue weighted by Gasteiger charge is 2.22. The summed E-state index contributed by atoms with van der Waals surface area (Å²) in [6, 6.07) is 13.7. The van der Waals surface area contributed by atoms with Gasteiger partial charge in [0.1, 0.15) is 11.5 Å². The molecule has 1 unspecified atom stereocenters. The van der Waals surface area contributed by atoms with E-state index in [1.165, 1.54) is 11.3 Å². The number of nitrogens with one attached hydrogen (secondary N) is 2. The number of nitrogens with zero attached hydrogens (tertiary/aromatic N) is 5. The molecule has 0 spiro atoms. The fourth-order valence-corrected chi connectivity index (χ4v) is 4.30. The van der Waals surface area contributed by atoms with E-state index in [0.29, 0.717) is 35.7 Å². The molecule has 8 nitrogen and oxygen atoms in total. The van der Waals surface area contributed by atoms with Gasteiger partial charge < -0.3 is 10.6 Å². The normalized spacial score (nSPS) is 16.4. The monoisotopic (exact) mass is 433 g/mol. The molecular weight excluding hydrogens is 410 g/mol. The molecule has 1 fully saturated rings. The topological polar surface area (TPSA) is 107 Å². The van der Waals surface area contributed by atoms with Gasteiger partial charge in [0.05, 0.1) is 24.9 Å². The second kappa shape index (κ2) is 10.1. The highest BCUT2D eigenvalue weighted by molar-refractivity contribution is 7.14. The number of pyridine rings is 2. The number of anilines is 2. The van der Waals surface area contributed by atoms with E-state index >= 15 is 0 Å². The standard InChI is InChI=1S/C22H23N7OS/c23-9-12-29-11-4-5-16(14-29)18-7-3-8-20(26-18)28-22-27-19(15-31-22)21(30)25-13-17-6-1-2-10-24-17/h1-3,6-8,10,15-16H,4-5,11-14H2,(H,25,30)(H,26,27,28). The first-order valence-electron chi connectivity index (χ1n) is 10.2. The minimum Gasteiger partial charge on any atom is -0.345 e. The predicted octanol–water partition coefficient (Wildman–Crippen LogP) is 3.31. The van der Waals surface area contributed by atoms with E-state index in [1.807, 2.05) is 36.4 Å². The quantitative estimate of drug-likeness (QED) is 0.551. The molecule has 3 aromatic rings. The van der Waals surface area contributed by atoms with Gasteiger partial charge in [-0.15, -0.1) is 11.3 Å². The highest BCUT2D eigenvalue weighted by Crippen LogP contribution is 2.27. The molecule has 1 amide bonds. The second-order valence-electron chi connectivity index (χ2n) is 7.35. The van der Waals surface area contributed by atoms with Gasteiger partial charge >= 0.3 is 0 Å². The van der Waals surface area contributed by atoms with Gasteiger partial charge in [-0.3, -0.25) is 14.7 Å². The van der Waals surface area contributed by atoms with Crippen LogP contribution in [0.25, 0.3) is 0 Å². The number of hydrogen-bond donors (Lipinski definition) is 2. The van der Waals surface area contributed by atoms with Crippen LogP contribution in [0, 0.1) is 11.3 Å². The van der Waals surface area contributed by atoms with Gasteiger partial charge in [-0.2, -0.15) is 5.26 Å². The van der Waals surface area contributed by atoms with Crippen LogP contribution in [-0.4, -0.2) is 45.4 Å². The van der Waals surface area contributed by atoms with Crippen molar-refractivity contribution in [1.82, 2.24) is 25.2 Å². The van der Waals surface area contributed by atoms with Crippen LogP contribution in [0.15, 0.2) is 48.0 Å². The fraction of sp³-hybridized carbons (Fsp3) is 0.318. The summed E-state index contributed by atoms with van der Waals surface area (Å²) in [6.07, 6.45) is 3.83. The Morgan fingerprint density at radius 3 is 3.03 bits per heavy atom. The Balaban J connectivity index is 1.37. The fourth-order valence-electron chi connectivity index (χ4n) is 3.60. The van der Waals surface area contributed by atoms with Crippen molar-refractivity contribution in [2.45, 2.75) is 25.3 Å². The maximum Gasteiger partial charge on any atom is 0.271 e. The van der Waals surface area contributed by atoms with Crippen molar-refractivity contribution in [3.63, 3.8) is 0 Å². The average molecular weight is 434 g/mol. The average Bonchev–Trinajstić information content (AvgIpc) is 3.27. The maximum absolute atomic E-state index is 12.4. The molecule has 2 N–H and O–H groups in total. The summed E-state index contributed by atoms with van der Waals surface area (Å²) in [6.45, 7) is 2.63. The van der Waals surface area contributed by atoms with E-state index in [2.05, 4.69) is 31.6 Å². The number of carbonyl (C=O) groups is 1. The number of carbonyl (C=O) groups excluding carboxylic acids is 1. The van der Waals surface area contributed by atoms with E-state index in [1.54, 1.807) is 11.6 Å². The Hall–Kier alpha value is -3.35. The third-order valence-electron chi connectivity index (χ3n) is 5.12. The predicted molar refractivity (Wildman–Crippen MR) is 119 cm³/mol. The third kappa shape index (κ3) is 5.63. The molecule has 0 bridgehead atoms. The molecule has 0 aliphatic carbocycles. The van der Waals surface area contributed by atoms with Crippen molar-refractivity contribution in [1.29, 1.82) is 5.26 Å². The molecule has 4 heterocycles. The van der Waals surface area contributed by atoms with Gasteiger partial charge in [0.25, 0.3) is 5.91 Å². The number of rotatable bonds is 7. The molecule has 9 heteroatoms.